The molecule has 1 unspecified atom stereocenters. The molecule has 0 N–H and O–H groups in total. The van der Waals surface area contributed by atoms with Gasteiger partial charge in [-0.25, -0.2) is 0 Å². The van der Waals surface area contributed by atoms with E-state index < -0.39 is 0 Å². The van der Waals surface area contributed by atoms with E-state index in [-0.39, 0.29) is 23.9 Å². The number of ether oxygens (including phenoxy) is 3. The van der Waals surface area contributed by atoms with Crippen LogP contribution in [0.4, 0.5) is 0 Å². The number of hydrogen-bond acceptors (Lipinski definition) is 4. The molecule has 1 saturated heterocycles. The van der Waals surface area contributed by atoms with Crippen LogP contribution in [0.2, 0.25) is 0 Å². The fourth-order valence-electron chi connectivity index (χ4n) is 5.10. The molecule has 2 aliphatic carbocycles. The largest absolute Gasteiger partial charge is 0.497 e. The highest BCUT2D eigenvalue weighted by Gasteiger charge is 2.61. The summed E-state index contributed by atoms with van der Waals surface area (Å²) in [6, 6.07) is 4.72. The number of benzene rings is 1. The van der Waals surface area contributed by atoms with E-state index in [1.54, 1.807) is 14.2 Å². The Labute approximate surface area is 148 Å². The molecular formula is C19H22ClNO3. The maximum Gasteiger partial charge on any atom is 0.169 e. The molecule has 5 rings (SSSR count). The van der Waals surface area contributed by atoms with Crippen molar-refractivity contribution in [2.24, 2.45) is 0 Å². The van der Waals surface area contributed by atoms with E-state index in [1.807, 2.05) is 6.07 Å². The normalized spacial score (nSPS) is 32.0. The fraction of sp³-hybridized carbons (Fsp3) is 0.474. The number of allylic oxidation sites excluding steroid dienone is 2. The molecule has 2 bridgehead atoms. The van der Waals surface area contributed by atoms with Crippen LogP contribution in [0.3, 0.4) is 0 Å². The molecule has 4 nitrogen and oxygen atoms in total. The van der Waals surface area contributed by atoms with Crippen LogP contribution in [0, 0.1) is 0 Å². The molecule has 0 saturated carbocycles. The van der Waals surface area contributed by atoms with Gasteiger partial charge in [0, 0.05) is 11.6 Å². The average molecular weight is 348 g/mol. The SMILES string of the molecule is COC1=CC=C2[C@@H]3Cc4ccc(OC)c5c4[C@]2(CCN3C)C1O5.Cl. The van der Waals surface area contributed by atoms with Crippen LogP contribution in [-0.4, -0.2) is 44.9 Å². The van der Waals surface area contributed by atoms with Crippen molar-refractivity contribution >= 4 is 12.4 Å². The van der Waals surface area contributed by atoms with Crippen molar-refractivity contribution < 1.29 is 14.2 Å². The van der Waals surface area contributed by atoms with E-state index >= 15 is 0 Å². The van der Waals surface area contributed by atoms with E-state index in [2.05, 4.69) is 30.2 Å². The Morgan fingerprint density at radius 2 is 2.04 bits per heavy atom. The van der Waals surface area contributed by atoms with Crippen molar-refractivity contribution in [3.8, 4) is 11.5 Å². The molecule has 3 atom stereocenters. The minimum Gasteiger partial charge on any atom is -0.497 e. The van der Waals surface area contributed by atoms with Crippen molar-refractivity contribution in [3.63, 3.8) is 0 Å². The third kappa shape index (κ3) is 1.63. The number of methoxy groups -OCH3 is 2. The van der Waals surface area contributed by atoms with Crippen LogP contribution in [0.15, 0.2) is 35.6 Å². The van der Waals surface area contributed by atoms with Crippen molar-refractivity contribution in [1.82, 2.24) is 4.90 Å². The molecule has 0 amide bonds. The van der Waals surface area contributed by atoms with Gasteiger partial charge in [0.15, 0.2) is 17.6 Å². The topological polar surface area (TPSA) is 30.9 Å². The molecule has 1 aromatic carbocycles. The molecule has 2 aliphatic heterocycles. The predicted molar refractivity (Wildman–Crippen MR) is 94.3 cm³/mol. The zero-order chi connectivity index (χ0) is 15.8. The van der Waals surface area contributed by atoms with E-state index in [4.69, 9.17) is 14.2 Å². The number of piperidine rings is 1. The third-order valence-corrected chi connectivity index (χ3v) is 6.16. The highest BCUT2D eigenvalue weighted by atomic mass is 35.5. The molecule has 5 heteroatoms. The maximum atomic E-state index is 6.46. The summed E-state index contributed by atoms with van der Waals surface area (Å²) in [6.07, 6.45) is 6.41. The number of rotatable bonds is 2. The van der Waals surface area contributed by atoms with Crippen LogP contribution in [0.5, 0.6) is 11.5 Å². The minimum atomic E-state index is -0.0747. The van der Waals surface area contributed by atoms with Gasteiger partial charge >= 0.3 is 0 Å². The minimum absolute atomic E-state index is 0. The Morgan fingerprint density at radius 3 is 2.79 bits per heavy atom. The fourth-order valence-corrected chi connectivity index (χ4v) is 5.10. The second-order valence-electron chi connectivity index (χ2n) is 6.95. The number of halogens is 1. The van der Waals surface area contributed by atoms with Gasteiger partial charge in [-0.2, -0.15) is 0 Å². The number of nitrogens with zero attached hydrogens (tertiary/aromatic N) is 1. The van der Waals surface area contributed by atoms with Crippen molar-refractivity contribution in [2.75, 3.05) is 27.8 Å². The first-order valence-corrected chi connectivity index (χ1v) is 8.24. The number of likely N-dealkylation sites (tertiary alicyclic amines) is 1. The molecule has 1 fully saturated rings. The Bertz CT molecular complexity index is 772. The van der Waals surface area contributed by atoms with Gasteiger partial charge in [0.1, 0.15) is 5.76 Å². The molecule has 24 heavy (non-hydrogen) atoms. The second-order valence-corrected chi connectivity index (χ2v) is 6.95. The van der Waals surface area contributed by atoms with Gasteiger partial charge in [0.25, 0.3) is 0 Å². The van der Waals surface area contributed by atoms with Crippen molar-refractivity contribution in [3.05, 3.63) is 46.7 Å². The van der Waals surface area contributed by atoms with Gasteiger partial charge in [-0.3, -0.25) is 4.90 Å². The molecule has 1 spiro atoms. The third-order valence-electron chi connectivity index (χ3n) is 6.16. The van der Waals surface area contributed by atoms with Crippen LogP contribution in [0.1, 0.15) is 17.5 Å². The second kappa shape index (κ2) is 5.17. The Balaban J connectivity index is 0.00000146. The standard InChI is InChI=1S/C19H21NO3.ClH/c1-20-9-8-19-12-5-7-15(22-3)18(19)23-17-14(21-2)6-4-11(16(17)19)10-13(12)20;/h4-7,13,18H,8-10H2,1-3H3;1H/t13-,18?,19+;/m0./s1. The summed E-state index contributed by atoms with van der Waals surface area (Å²) in [5.41, 5.74) is 4.15. The lowest BCUT2D eigenvalue weighted by Crippen LogP contribution is -2.58. The molecule has 1 aromatic rings. The molecule has 0 radical (unpaired) electrons. The van der Waals surface area contributed by atoms with Gasteiger partial charge < -0.3 is 14.2 Å². The van der Waals surface area contributed by atoms with Crippen LogP contribution >= 0.6 is 12.4 Å². The van der Waals surface area contributed by atoms with Crippen LogP contribution < -0.4 is 9.47 Å². The quantitative estimate of drug-likeness (QED) is 0.823. The van der Waals surface area contributed by atoms with Crippen LogP contribution in [0.25, 0.3) is 0 Å². The predicted octanol–water partition coefficient (Wildman–Crippen LogP) is 2.85. The lowest BCUT2D eigenvalue weighted by atomic mass is 9.57. The van der Waals surface area contributed by atoms with Gasteiger partial charge in [0.05, 0.1) is 19.6 Å². The summed E-state index contributed by atoms with van der Waals surface area (Å²) < 4.78 is 17.7. The number of likely N-dealkylation sites (N-methyl/N-ethyl adjacent to an activating group) is 1. The lowest BCUT2D eigenvalue weighted by Gasteiger charge is -2.52. The van der Waals surface area contributed by atoms with E-state index in [9.17, 15) is 0 Å². The Morgan fingerprint density at radius 1 is 1.21 bits per heavy atom. The summed E-state index contributed by atoms with van der Waals surface area (Å²) in [6.45, 7) is 1.08. The zero-order valence-corrected chi connectivity index (χ0v) is 15.0. The van der Waals surface area contributed by atoms with E-state index in [1.165, 1.54) is 16.7 Å². The van der Waals surface area contributed by atoms with Gasteiger partial charge in [-0.05, 0) is 49.7 Å². The molecular weight excluding hydrogens is 326 g/mol. The maximum absolute atomic E-state index is 6.46. The summed E-state index contributed by atoms with van der Waals surface area (Å²) in [5.74, 6) is 2.68. The van der Waals surface area contributed by atoms with Crippen molar-refractivity contribution in [2.45, 2.75) is 30.4 Å². The van der Waals surface area contributed by atoms with Gasteiger partial charge in [0.2, 0.25) is 0 Å². The smallest absolute Gasteiger partial charge is 0.169 e. The lowest BCUT2D eigenvalue weighted by molar-refractivity contribution is 0.0734. The first-order chi connectivity index (χ1) is 11.2. The summed E-state index contributed by atoms with van der Waals surface area (Å²) in [7, 11) is 5.68. The van der Waals surface area contributed by atoms with E-state index in [0.717, 1.165) is 36.6 Å². The zero-order valence-electron chi connectivity index (χ0n) is 14.2. The van der Waals surface area contributed by atoms with E-state index in [0.29, 0.717) is 6.04 Å². The monoisotopic (exact) mass is 347 g/mol. The molecule has 2 heterocycles. The first kappa shape index (κ1) is 15.9. The first-order valence-electron chi connectivity index (χ1n) is 8.24. The Kier molecular flexibility index (Phi) is 3.42. The average Bonchev–Trinajstić information content (AvgIpc) is 2.92. The Hall–Kier alpha value is -1.65. The van der Waals surface area contributed by atoms with Gasteiger partial charge in [-0.15, -0.1) is 12.4 Å². The molecule has 128 valence electrons. The molecule has 4 aliphatic rings. The summed E-state index contributed by atoms with van der Waals surface area (Å²) >= 11 is 0. The van der Waals surface area contributed by atoms with Crippen LogP contribution in [-0.2, 0) is 16.6 Å². The molecule has 0 aromatic heterocycles. The highest BCUT2D eigenvalue weighted by molar-refractivity contribution is 5.85. The van der Waals surface area contributed by atoms with Crippen molar-refractivity contribution in [1.29, 1.82) is 0 Å². The number of hydrogen-bond donors (Lipinski definition) is 0. The van der Waals surface area contributed by atoms with Gasteiger partial charge in [-0.1, -0.05) is 12.1 Å². The summed E-state index contributed by atoms with van der Waals surface area (Å²) in [4.78, 5) is 2.48. The summed E-state index contributed by atoms with van der Waals surface area (Å²) in [5, 5.41) is 0. The highest BCUT2D eigenvalue weighted by Crippen LogP contribution is 2.62.